The zero-order valence-corrected chi connectivity index (χ0v) is 10.2. The van der Waals surface area contributed by atoms with Gasteiger partial charge in [-0.2, -0.15) is 0 Å². The van der Waals surface area contributed by atoms with Crippen LogP contribution in [0.15, 0.2) is 12.7 Å². The summed E-state index contributed by atoms with van der Waals surface area (Å²) in [5.74, 6) is -1.24. The van der Waals surface area contributed by atoms with E-state index >= 15 is 0 Å². The van der Waals surface area contributed by atoms with Gasteiger partial charge in [0.05, 0.1) is 5.54 Å². The standard InChI is InChI=1S/C12H20N2O3/c1-3-6-9(10(15)16)14-11(17)12(4-2)7-5-8-13-12/h3,9,13H,1,4-8H2,2H3,(H,14,17)(H,15,16)/t9-,12+/m0/s1. The summed E-state index contributed by atoms with van der Waals surface area (Å²) in [6.07, 6.45) is 4.11. The summed E-state index contributed by atoms with van der Waals surface area (Å²) in [5, 5.41) is 14.7. The van der Waals surface area contributed by atoms with Gasteiger partial charge in [-0.3, -0.25) is 4.79 Å². The Morgan fingerprint density at radius 2 is 2.35 bits per heavy atom. The van der Waals surface area contributed by atoms with Crippen molar-refractivity contribution in [1.29, 1.82) is 0 Å². The molecule has 0 spiro atoms. The Bertz CT molecular complexity index is 309. The van der Waals surface area contributed by atoms with E-state index in [9.17, 15) is 9.59 Å². The number of carbonyl (C=O) groups excluding carboxylic acids is 1. The molecule has 0 saturated carbocycles. The lowest BCUT2D eigenvalue weighted by Gasteiger charge is -2.28. The molecule has 0 radical (unpaired) electrons. The van der Waals surface area contributed by atoms with Crippen LogP contribution < -0.4 is 10.6 Å². The molecule has 0 aromatic heterocycles. The van der Waals surface area contributed by atoms with E-state index in [1.165, 1.54) is 6.08 Å². The van der Waals surface area contributed by atoms with Gasteiger partial charge in [0.1, 0.15) is 6.04 Å². The first-order valence-corrected chi connectivity index (χ1v) is 5.95. The highest BCUT2D eigenvalue weighted by atomic mass is 16.4. The third-order valence-corrected chi connectivity index (χ3v) is 3.29. The fourth-order valence-corrected chi connectivity index (χ4v) is 2.15. The van der Waals surface area contributed by atoms with E-state index in [1.807, 2.05) is 6.92 Å². The second-order valence-corrected chi connectivity index (χ2v) is 4.35. The summed E-state index contributed by atoms with van der Waals surface area (Å²) in [5.41, 5.74) is -0.588. The Kier molecular flexibility index (Phi) is 4.69. The molecular formula is C12H20N2O3. The third kappa shape index (κ3) is 3.06. The molecule has 0 aromatic rings. The number of hydrogen-bond donors (Lipinski definition) is 3. The van der Waals surface area contributed by atoms with Gasteiger partial charge in [-0.05, 0) is 32.2 Å². The smallest absolute Gasteiger partial charge is 0.326 e. The van der Waals surface area contributed by atoms with Crippen molar-refractivity contribution in [3.63, 3.8) is 0 Å². The van der Waals surface area contributed by atoms with Crippen LogP contribution in [0.1, 0.15) is 32.6 Å². The van der Waals surface area contributed by atoms with E-state index in [0.29, 0.717) is 6.42 Å². The Morgan fingerprint density at radius 3 is 2.76 bits per heavy atom. The highest BCUT2D eigenvalue weighted by Crippen LogP contribution is 2.23. The molecule has 1 fully saturated rings. The number of carboxylic acid groups (broad SMARTS) is 1. The normalized spacial score (nSPS) is 25.2. The van der Waals surface area contributed by atoms with Gasteiger partial charge in [-0.25, -0.2) is 4.79 Å². The summed E-state index contributed by atoms with van der Waals surface area (Å²) in [7, 11) is 0. The maximum absolute atomic E-state index is 12.1. The minimum atomic E-state index is -1.03. The first-order chi connectivity index (χ1) is 8.05. The molecule has 1 amide bonds. The Morgan fingerprint density at radius 1 is 1.65 bits per heavy atom. The molecule has 1 aliphatic rings. The molecule has 1 heterocycles. The van der Waals surface area contributed by atoms with Crippen LogP contribution in [-0.2, 0) is 9.59 Å². The summed E-state index contributed by atoms with van der Waals surface area (Å²) in [4.78, 5) is 23.1. The highest BCUT2D eigenvalue weighted by molar-refractivity contribution is 5.90. The summed E-state index contributed by atoms with van der Waals surface area (Å²) in [6.45, 7) is 6.23. The number of nitrogens with one attached hydrogen (secondary N) is 2. The van der Waals surface area contributed by atoms with E-state index in [2.05, 4.69) is 17.2 Å². The van der Waals surface area contributed by atoms with Crippen molar-refractivity contribution in [3.05, 3.63) is 12.7 Å². The Hall–Kier alpha value is -1.36. The van der Waals surface area contributed by atoms with Crippen molar-refractivity contribution >= 4 is 11.9 Å². The molecule has 1 aliphatic heterocycles. The minimum Gasteiger partial charge on any atom is -0.480 e. The molecule has 0 aromatic carbocycles. The number of hydrogen-bond acceptors (Lipinski definition) is 3. The van der Waals surface area contributed by atoms with Gasteiger partial charge in [-0.15, -0.1) is 6.58 Å². The van der Waals surface area contributed by atoms with E-state index in [0.717, 1.165) is 19.4 Å². The summed E-state index contributed by atoms with van der Waals surface area (Å²) >= 11 is 0. The van der Waals surface area contributed by atoms with Gasteiger partial charge in [-0.1, -0.05) is 13.0 Å². The number of rotatable bonds is 6. The quantitative estimate of drug-likeness (QED) is 0.596. The lowest BCUT2D eigenvalue weighted by molar-refractivity contribution is -0.142. The van der Waals surface area contributed by atoms with Gasteiger partial charge in [0.15, 0.2) is 0 Å². The zero-order valence-electron chi connectivity index (χ0n) is 10.2. The first kappa shape index (κ1) is 13.7. The molecule has 5 nitrogen and oxygen atoms in total. The van der Waals surface area contributed by atoms with Crippen molar-refractivity contribution in [2.45, 2.75) is 44.2 Å². The molecule has 5 heteroatoms. The van der Waals surface area contributed by atoms with Gasteiger partial charge >= 0.3 is 5.97 Å². The fourth-order valence-electron chi connectivity index (χ4n) is 2.15. The molecule has 96 valence electrons. The average Bonchev–Trinajstić information content (AvgIpc) is 2.78. The first-order valence-electron chi connectivity index (χ1n) is 5.95. The maximum Gasteiger partial charge on any atom is 0.326 e. The Balaban J connectivity index is 2.68. The SMILES string of the molecule is C=CC[C@H](NC(=O)[C@@]1(CC)CCCN1)C(=O)O. The number of aliphatic carboxylic acids is 1. The number of carboxylic acids is 1. The largest absolute Gasteiger partial charge is 0.480 e. The topological polar surface area (TPSA) is 78.4 Å². The van der Waals surface area contributed by atoms with Crippen molar-refractivity contribution in [2.24, 2.45) is 0 Å². The fraction of sp³-hybridized carbons (Fsp3) is 0.667. The van der Waals surface area contributed by atoms with Gasteiger partial charge in [0, 0.05) is 0 Å². The van der Waals surface area contributed by atoms with Crippen LogP contribution in [0.5, 0.6) is 0 Å². The van der Waals surface area contributed by atoms with Crippen LogP contribution in [0.3, 0.4) is 0 Å². The van der Waals surface area contributed by atoms with E-state index < -0.39 is 17.6 Å². The van der Waals surface area contributed by atoms with Crippen LogP contribution >= 0.6 is 0 Å². The second kappa shape index (κ2) is 5.82. The second-order valence-electron chi connectivity index (χ2n) is 4.35. The van der Waals surface area contributed by atoms with E-state index in [1.54, 1.807) is 0 Å². The monoisotopic (exact) mass is 240 g/mol. The van der Waals surface area contributed by atoms with E-state index in [4.69, 9.17) is 5.11 Å². The highest BCUT2D eigenvalue weighted by Gasteiger charge is 2.40. The number of amides is 1. The minimum absolute atomic E-state index is 0.216. The lowest BCUT2D eigenvalue weighted by Crippen LogP contribution is -2.56. The van der Waals surface area contributed by atoms with Crippen molar-refractivity contribution in [2.75, 3.05) is 6.54 Å². The molecule has 3 N–H and O–H groups in total. The molecule has 1 saturated heterocycles. The summed E-state index contributed by atoms with van der Waals surface area (Å²) in [6, 6.07) is -0.883. The lowest BCUT2D eigenvalue weighted by atomic mass is 9.92. The van der Waals surface area contributed by atoms with Gasteiger partial charge in [0.25, 0.3) is 0 Å². The molecule has 0 bridgehead atoms. The summed E-state index contributed by atoms with van der Waals surface area (Å²) < 4.78 is 0. The van der Waals surface area contributed by atoms with Crippen LogP contribution in [0.25, 0.3) is 0 Å². The van der Waals surface area contributed by atoms with Crippen LogP contribution in [-0.4, -0.2) is 35.1 Å². The average molecular weight is 240 g/mol. The van der Waals surface area contributed by atoms with Crippen LogP contribution in [0.4, 0.5) is 0 Å². The van der Waals surface area contributed by atoms with Crippen LogP contribution in [0.2, 0.25) is 0 Å². The molecular weight excluding hydrogens is 220 g/mol. The van der Waals surface area contributed by atoms with Crippen LogP contribution in [0, 0.1) is 0 Å². The van der Waals surface area contributed by atoms with E-state index in [-0.39, 0.29) is 12.3 Å². The molecule has 2 atom stereocenters. The van der Waals surface area contributed by atoms with Crippen molar-refractivity contribution in [3.8, 4) is 0 Å². The van der Waals surface area contributed by atoms with Gasteiger partial charge in [0.2, 0.25) is 5.91 Å². The Labute approximate surface area is 101 Å². The van der Waals surface area contributed by atoms with Crippen molar-refractivity contribution < 1.29 is 14.7 Å². The molecule has 0 unspecified atom stereocenters. The third-order valence-electron chi connectivity index (χ3n) is 3.29. The van der Waals surface area contributed by atoms with Gasteiger partial charge < -0.3 is 15.7 Å². The van der Waals surface area contributed by atoms with Crippen molar-refractivity contribution in [1.82, 2.24) is 10.6 Å². The molecule has 1 rings (SSSR count). The predicted molar refractivity (Wildman–Crippen MR) is 64.6 cm³/mol. The molecule has 0 aliphatic carbocycles. The number of carbonyl (C=O) groups is 2. The molecule has 17 heavy (non-hydrogen) atoms. The predicted octanol–water partition coefficient (Wildman–Crippen LogP) is 0.664. The maximum atomic E-state index is 12.1. The zero-order chi connectivity index (χ0) is 12.9.